The van der Waals surface area contributed by atoms with Crippen molar-refractivity contribution in [2.75, 3.05) is 5.32 Å². The first kappa shape index (κ1) is 22.7. The fraction of sp³-hybridized carbons (Fsp3) is 0.240. The van der Waals surface area contributed by atoms with E-state index in [2.05, 4.69) is 5.32 Å². The third-order valence-electron chi connectivity index (χ3n) is 6.64. The second-order valence-corrected chi connectivity index (χ2v) is 10.3. The minimum Gasteiger partial charge on any atom is -0.478 e. The minimum absolute atomic E-state index is 0.0172. The average molecular weight is 499 g/mol. The summed E-state index contributed by atoms with van der Waals surface area (Å²) in [5.74, 6) is -1.74. The Morgan fingerprint density at radius 1 is 1.12 bits per heavy atom. The van der Waals surface area contributed by atoms with Crippen LogP contribution in [0.3, 0.4) is 0 Å². The van der Waals surface area contributed by atoms with Crippen LogP contribution < -0.4 is 5.32 Å². The summed E-state index contributed by atoms with van der Waals surface area (Å²) in [4.78, 5) is 23.3. The number of thioether (sulfide) groups is 1. The van der Waals surface area contributed by atoms with Crippen LogP contribution in [0.15, 0.2) is 71.6 Å². The van der Waals surface area contributed by atoms with Crippen molar-refractivity contribution in [3.8, 4) is 0 Å². The van der Waals surface area contributed by atoms with Crippen LogP contribution in [-0.4, -0.2) is 26.6 Å². The second-order valence-electron chi connectivity index (χ2n) is 8.50. The van der Waals surface area contributed by atoms with Crippen LogP contribution in [-0.2, 0) is 0 Å². The Kier molecular flexibility index (Phi) is 5.95. The van der Waals surface area contributed by atoms with Gasteiger partial charge in [0.1, 0.15) is 5.82 Å². The van der Waals surface area contributed by atoms with Gasteiger partial charge in [0.25, 0.3) is 5.69 Å². The smallest absolute Gasteiger partial charge is 0.335 e. The number of hydrogen-bond acceptors (Lipinski definition) is 5. The minimum atomic E-state index is -1.04. The summed E-state index contributed by atoms with van der Waals surface area (Å²) in [6.07, 6.45) is 0.582. The first-order chi connectivity index (χ1) is 16.3. The topological polar surface area (TPSA) is 92.5 Å². The molecule has 1 fully saturated rings. The van der Waals surface area contributed by atoms with Gasteiger partial charge in [-0.05, 0) is 48.2 Å². The molecular formula is C25H20ClFN2O4S. The van der Waals surface area contributed by atoms with Crippen molar-refractivity contribution in [2.45, 2.75) is 33.9 Å². The number of fused-ring (bicyclic) bond motifs is 3. The fourth-order valence-corrected chi connectivity index (χ4v) is 7.10. The Balaban J connectivity index is 1.57. The molecule has 1 aliphatic carbocycles. The lowest BCUT2D eigenvalue weighted by Gasteiger charge is -2.38. The van der Waals surface area contributed by atoms with E-state index in [0.717, 1.165) is 11.3 Å². The van der Waals surface area contributed by atoms with Gasteiger partial charge < -0.3 is 10.4 Å². The molecule has 0 saturated heterocycles. The van der Waals surface area contributed by atoms with Crippen LogP contribution in [0.2, 0.25) is 0 Å². The number of rotatable bonds is 5. The average Bonchev–Trinajstić information content (AvgIpc) is 3.15. The maximum atomic E-state index is 14.8. The summed E-state index contributed by atoms with van der Waals surface area (Å²) < 4.78 is 14.8. The normalized spacial score (nSPS) is 25.2. The molecule has 3 aromatic carbocycles. The highest BCUT2D eigenvalue weighted by molar-refractivity contribution is 8.00. The van der Waals surface area contributed by atoms with Crippen molar-refractivity contribution >= 4 is 40.7 Å². The highest BCUT2D eigenvalue weighted by Gasteiger charge is 2.51. The SMILES string of the molecule is O=C(O)c1ccc2c(c1)[C@H]1[C@@H](Cl)[C@@H](Sc3ccccc3[N+](=O)[O-])C[C@@H]1[C@H](c1ccccc1F)N2. The summed E-state index contributed by atoms with van der Waals surface area (Å²) in [6, 6.07) is 17.6. The number of nitrogens with zero attached hydrogens (tertiary/aromatic N) is 1. The summed E-state index contributed by atoms with van der Waals surface area (Å²) >= 11 is 8.38. The van der Waals surface area contributed by atoms with Gasteiger partial charge in [0, 0.05) is 28.5 Å². The van der Waals surface area contributed by atoms with E-state index in [4.69, 9.17) is 11.6 Å². The molecule has 0 unspecified atom stereocenters. The van der Waals surface area contributed by atoms with E-state index in [-0.39, 0.29) is 40.2 Å². The Hall–Kier alpha value is -3.10. The van der Waals surface area contributed by atoms with Crippen molar-refractivity contribution < 1.29 is 19.2 Å². The van der Waals surface area contributed by atoms with Gasteiger partial charge in [0.2, 0.25) is 0 Å². The van der Waals surface area contributed by atoms with E-state index in [1.807, 2.05) is 0 Å². The number of nitro groups is 1. The molecular weight excluding hydrogens is 479 g/mol. The van der Waals surface area contributed by atoms with E-state index in [0.29, 0.717) is 16.9 Å². The van der Waals surface area contributed by atoms with Crippen LogP contribution in [0.4, 0.5) is 15.8 Å². The summed E-state index contributed by atoms with van der Waals surface area (Å²) in [7, 11) is 0. The molecule has 0 bridgehead atoms. The van der Waals surface area contributed by atoms with E-state index in [9.17, 15) is 24.4 Å². The van der Waals surface area contributed by atoms with Gasteiger partial charge in [-0.2, -0.15) is 0 Å². The van der Waals surface area contributed by atoms with Gasteiger partial charge in [-0.3, -0.25) is 10.1 Å². The fourth-order valence-electron chi connectivity index (χ4n) is 5.15. The number of carbonyl (C=O) groups is 1. The van der Waals surface area contributed by atoms with Crippen LogP contribution in [0, 0.1) is 21.8 Å². The maximum absolute atomic E-state index is 14.8. The third-order valence-corrected chi connectivity index (χ3v) is 8.75. The predicted molar refractivity (Wildman–Crippen MR) is 129 cm³/mol. The van der Waals surface area contributed by atoms with Crippen molar-refractivity contribution in [3.63, 3.8) is 0 Å². The Bertz CT molecular complexity index is 1290. The number of nitro benzene ring substituents is 1. The van der Waals surface area contributed by atoms with Crippen LogP contribution in [0.1, 0.15) is 39.9 Å². The number of carboxylic acids is 1. The second kappa shape index (κ2) is 8.92. The number of halogens is 2. The molecule has 3 aromatic rings. The van der Waals surface area contributed by atoms with E-state index in [1.54, 1.807) is 48.5 Å². The van der Waals surface area contributed by atoms with E-state index >= 15 is 0 Å². The lowest BCUT2D eigenvalue weighted by molar-refractivity contribution is -0.387. The molecule has 5 rings (SSSR count). The first-order valence-corrected chi connectivity index (χ1v) is 12.1. The van der Waals surface area contributed by atoms with Gasteiger partial charge in [-0.1, -0.05) is 30.3 Å². The van der Waals surface area contributed by atoms with Crippen molar-refractivity contribution in [1.29, 1.82) is 0 Å². The number of para-hydroxylation sites is 1. The molecule has 1 saturated carbocycles. The number of alkyl halides is 1. The molecule has 0 amide bonds. The number of hydrogen-bond donors (Lipinski definition) is 2. The van der Waals surface area contributed by atoms with E-state index < -0.39 is 16.3 Å². The Labute approximate surface area is 204 Å². The number of anilines is 1. The monoisotopic (exact) mass is 498 g/mol. The molecule has 0 spiro atoms. The Morgan fingerprint density at radius 3 is 2.59 bits per heavy atom. The molecule has 6 nitrogen and oxygen atoms in total. The van der Waals surface area contributed by atoms with Crippen molar-refractivity contribution in [2.24, 2.45) is 5.92 Å². The van der Waals surface area contributed by atoms with Gasteiger partial charge in [0.15, 0.2) is 0 Å². The zero-order valence-corrected chi connectivity index (χ0v) is 19.3. The van der Waals surface area contributed by atoms with Crippen LogP contribution >= 0.6 is 23.4 Å². The summed E-state index contributed by atoms with van der Waals surface area (Å²) in [6.45, 7) is 0. The highest BCUT2D eigenvalue weighted by Crippen LogP contribution is 2.58. The third kappa shape index (κ3) is 3.91. The van der Waals surface area contributed by atoms with Gasteiger partial charge >= 0.3 is 5.97 Å². The molecule has 0 aromatic heterocycles. The Morgan fingerprint density at radius 2 is 1.85 bits per heavy atom. The van der Waals surface area contributed by atoms with E-state index in [1.165, 1.54) is 30.0 Å². The number of carboxylic acid groups (broad SMARTS) is 1. The number of benzene rings is 3. The lowest BCUT2D eigenvalue weighted by atomic mass is 9.76. The van der Waals surface area contributed by atoms with Gasteiger partial charge in [-0.25, -0.2) is 9.18 Å². The molecule has 1 aliphatic heterocycles. The first-order valence-electron chi connectivity index (χ1n) is 10.8. The number of nitrogens with one attached hydrogen (secondary N) is 1. The maximum Gasteiger partial charge on any atom is 0.335 e. The molecule has 34 heavy (non-hydrogen) atoms. The molecule has 2 aliphatic rings. The molecule has 174 valence electrons. The van der Waals surface area contributed by atoms with Gasteiger partial charge in [-0.15, -0.1) is 23.4 Å². The molecule has 1 heterocycles. The number of aromatic carboxylic acids is 1. The zero-order chi connectivity index (χ0) is 24.0. The molecule has 2 N–H and O–H groups in total. The summed E-state index contributed by atoms with van der Waals surface area (Å²) in [5, 5.41) is 23.8. The lowest BCUT2D eigenvalue weighted by Crippen LogP contribution is -2.32. The molecule has 9 heteroatoms. The van der Waals surface area contributed by atoms with Crippen LogP contribution in [0.5, 0.6) is 0 Å². The largest absolute Gasteiger partial charge is 0.478 e. The van der Waals surface area contributed by atoms with Crippen molar-refractivity contribution in [3.05, 3.63) is 99.4 Å². The van der Waals surface area contributed by atoms with Crippen LogP contribution in [0.25, 0.3) is 0 Å². The summed E-state index contributed by atoms with van der Waals surface area (Å²) in [5.41, 5.74) is 2.20. The van der Waals surface area contributed by atoms with Gasteiger partial charge in [0.05, 0.1) is 26.8 Å². The quantitative estimate of drug-likeness (QED) is 0.238. The zero-order valence-electron chi connectivity index (χ0n) is 17.7. The predicted octanol–water partition coefficient (Wildman–Crippen LogP) is 6.47. The molecule has 5 atom stereocenters. The van der Waals surface area contributed by atoms with Crippen molar-refractivity contribution in [1.82, 2.24) is 0 Å². The standard InChI is InChI=1S/C25H20ClFN2O4S/c26-23-21(34-20-8-4-3-7-19(20)29(32)33)12-16-22(23)15-11-13(25(30)31)9-10-18(15)28-24(16)14-5-1-2-6-17(14)27/h1-11,16,21-24,28H,12H2,(H,30,31)/t16-,21-,22+,23-,24-/m0/s1. The highest BCUT2D eigenvalue weighted by atomic mass is 35.5. The molecule has 0 radical (unpaired) electrons.